The lowest BCUT2D eigenvalue weighted by molar-refractivity contribution is 0.321. The average Bonchev–Trinajstić information content (AvgIpc) is 2.42. The maximum Gasteiger partial charge on any atom is 0.175 e. The van der Waals surface area contributed by atoms with Gasteiger partial charge >= 0.3 is 0 Å². The molecule has 0 heterocycles. The van der Waals surface area contributed by atoms with Crippen LogP contribution in [0.3, 0.4) is 0 Å². The topological polar surface area (TPSA) is 30.5 Å². The SMILES string of the molecule is COc1cc(CNC(C)(C)C)cc(Br)c1OCC(Cl)=CCl. The van der Waals surface area contributed by atoms with Gasteiger partial charge in [-0.3, -0.25) is 0 Å². The molecule has 0 atom stereocenters. The fourth-order valence-electron chi connectivity index (χ4n) is 1.56. The van der Waals surface area contributed by atoms with Crippen molar-refractivity contribution in [2.24, 2.45) is 0 Å². The van der Waals surface area contributed by atoms with E-state index in [1.165, 1.54) is 5.54 Å². The fraction of sp³-hybridized carbons (Fsp3) is 0.467. The molecule has 0 spiro atoms. The van der Waals surface area contributed by atoms with E-state index in [4.69, 9.17) is 32.7 Å². The zero-order valence-corrected chi connectivity index (χ0v) is 15.7. The normalized spacial score (nSPS) is 12.4. The van der Waals surface area contributed by atoms with Gasteiger partial charge in [0, 0.05) is 17.6 Å². The maximum atomic E-state index is 5.83. The van der Waals surface area contributed by atoms with Crippen molar-refractivity contribution in [1.29, 1.82) is 0 Å². The molecule has 0 amide bonds. The minimum Gasteiger partial charge on any atom is -0.493 e. The molecule has 6 heteroatoms. The average molecular weight is 397 g/mol. The van der Waals surface area contributed by atoms with Crippen molar-refractivity contribution in [2.75, 3.05) is 13.7 Å². The highest BCUT2D eigenvalue weighted by molar-refractivity contribution is 9.10. The Bertz CT molecular complexity index is 513. The Morgan fingerprint density at radius 3 is 2.57 bits per heavy atom. The molecule has 0 aliphatic carbocycles. The summed E-state index contributed by atoms with van der Waals surface area (Å²) in [5, 5.41) is 3.85. The number of ether oxygens (including phenoxy) is 2. The molecule has 0 aromatic heterocycles. The van der Waals surface area contributed by atoms with Gasteiger partial charge in [0.05, 0.1) is 16.6 Å². The van der Waals surface area contributed by atoms with Gasteiger partial charge in [0.2, 0.25) is 0 Å². The first-order valence-corrected chi connectivity index (χ1v) is 8.06. The van der Waals surface area contributed by atoms with Crippen molar-refractivity contribution in [2.45, 2.75) is 32.9 Å². The van der Waals surface area contributed by atoms with Crippen LogP contribution in [0.4, 0.5) is 0 Å². The summed E-state index contributed by atoms with van der Waals surface area (Å²) >= 11 is 14.9. The molecule has 0 saturated carbocycles. The van der Waals surface area contributed by atoms with Gasteiger partial charge < -0.3 is 14.8 Å². The van der Waals surface area contributed by atoms with Crippen LogP contribution in [0.2, 0.25) is 0 Å². The fourth-order valence-corrected chi connectivity index (χ4v) is 2.28. The Morgan fingerprint density at radius 2 is 2.05 bits per heavy atom. The van der Waals surface area contributed by atoms with E-state index < -0.39 is 0 Å². The Morgan fingerprint density at radius 1 is 1.38 bits per heavy atom. The monoisotopic (exact) mass is 395 g/mol. The van der Waals surface area contributed by atoms with Crippen LogP contribution in [0.5, 0.6) is 11.5 Å². The van der Waals surface area contributed by atoms with Gasteiger partial charge in [-0.05, 0) is 54.4 Å². The third-order valence-corrected chi connectivity index (χ3v) is 3.77. The molecule has 0 saturated heterocycles. The van der Waals surface area contributed by atoms with Crippen molar-refractivity contribution >= 4 is 39.1 Å². The van der Waals surface area contributed by atoms with Crippen molar-refractivity contribution in [1.82, 2.24) is 5.32 Å². The summed E-state index contributed by atoms with van der Waals surface area (Å²) in [6, 6.07) is 3.94. The smallest absolute Gasteiger partial charge is 0.175 e. The number of hydrogen-bond donors (Lipinski definition) is 1. The number of rotatable bonds is 6. The molecule has 0 fully saturated rings. The third-order valence-electron chi connectivity index (χ3n) is 2.58. The van der Waals surface area contributed by atoms with Crippen molar-refractivity contribution in [3.05, 3.63) is 32.7 Å². The van der Waals surface area contributed by atoms with E-state index in [1.54, 1.807) is 7.11 Å². The summed E-state index contributed by atoms with van der Waals surface area (Å²) in [4.78, 5) is 0. The molecule has 1 aromatic carbocycles. The lowest BCUT2D eigenvalue weighted by atomic mass is 10.1. The van der Waals surface area contributed by atoms with Gasteiger partial charge in [-0.1, -0.05) is 23.2 Å². The predicted octanol–water partition coefficient (Wildman–Crippen LogP) is 5.04. The van der Waals surface area contributed by atoms with E-state index in [0.29, 0.717) is 16.5 Å². The van der Waals surface area contributed by atoms with Crippen molar-refractivity contribution in [3.63, 3.8) is 0 Å². The van der Waals surface area contributed by atoms with Crippen LogP contribution in [0.15, 0.2) is 27.2 Å². The molecule has 118 valence electrons. The molecule has 21 heavy (non-hydrogen) atoms. The summed E-state index contributed by atoms with van der Waals surface area (Å²) in [6.07, 6.45) is 0. The van der Waals surface area contributed by atoms with Crippen LogP contribution < -0.4 is 14.8 Å². The van der Waals surface area contributed by atoms with Crippen LogP contribution >= 0.6 is 39.1 Å². The quantitative estimate of drug-likeness (QED) is 0.730. The second-order valence-corrected chi connectivity index (χ2v) is 7.12. The minimum absolute atomic E-state index is 0.0492. The molecule has 1 aromatic rings. The number of benzene rings is 1. The number of methoxy groups -OCH3 is 1. The van der Waals surface area contributed by atoms with Crippen LogP contribution in [0, 0.1) is 0 Å². The van der Waals surface area contributed by atoms with E-state index >= 15 is 0 Å². The van der Waals surface area contributed by atoms with Crippen LogP contribution in [-0.4, -0.2) is 19.3 Å². The first-order chi connectivity index (χ1) is 9.76. The van der Waals surface area contributed by atoms with E-state index in [-0.39, 0.29) is 12.1 Å². The summed E-state index contributed by atoms with van der Waals surface area (Å²) in [5.41, 5.74) is 2.43. The largest absolute Gasteiger partial charge is 0.493 e. The second-order valence-electron chi connectivity index (χ2n) is 5.56. The van der Waals surface area contributed by atoms with E-state index in [9.17, 15) is 0 Å². The Labute approximate surface area is 144 Å². The molecule has 1 N–H and O–H groups in total. The molecule has 0 unspecified atom stereocenters. The Balaban J connectivity index is 2.91. The zero-order chi connectivity index (χ0) is 16.0. The third kappa shape index (κ3) is 6.47. The summed E-state index contributed by atoms with van der Waals surface area (Å²) in [7, 11) is 1.61. The van der Waals surface area contributed by atoms with Crippen LogP contribution in [0.1, 0.15) is 26.3 Å². The number of hydrogen-bond acceptors (Lipinski definition) is 3. The minimum atomic E-state index is 0.0492. The highest BCUT2D eigenvalue weighted by Gasteiger charge is 2.14. The van der Waals surface area contributed by atoms with Crippen LogP contribution in [0.25, 0.3) is 0 Å². The van der Waals surface area contributed by atoms with Gasteiger partial charge in [-0.15, -0.1) is 0 Å². The summed E-state index contributed by atoms with van der Waals surface area (Å²) in [6.45, 7) is 7.30. The first-order valence-electron chi connectivity index (χ1n) is 6.46. The standard InChI is InChI=1S/C15H20BrCl2NO2/c1-15(2,3)19-8-10-5-12(16)14(13(6-10)20-4)21-9-11(18)7-17/h5-7,19H,8-9H2,1-4H3. The van der Waals surface area contributed by atoms with Gasteiger partial charge in [0.1, 0.15) is 6.61 Å². The van der Waals surface area contributed by atoms with Gasteiger partial charge in [0.25, 0.3) is 0 Å². The molecule has 0 bridgehead atoms. The highest BCUT2D eigenvalue weighted by Crippen LogP contribution is 2.37. The van der Waals surface area contributed by atoms with E-state index in [1.807, 2.05) is 12.1 Å². The van der Waals surface area contributed by atoms with Crippen molar-refractivity contribution in [3.8, 4) is 11.5 Å². The molecular weight excluding hydrogens is 377 g/mol. The molecular formula is C15H20BrCl2NO2. The Hall–Kier alpha value is -0.420. The zero-order valence-electron chi connectivity index (χ0n) is 12.6. The molecule has 0 aliphatic rings. The van der Waals surface area contributed by atoms with Crippen molar-refractivity contribution < 1.29 is 9.47 Å². The van der Waals surface area contributed by atoms with Gasteiger partial charge in [0.15, 0.2) is 11.5 Å². The second kappa shape index (κ2) is 8.28. The lowest BCUT2D eigenvalue weighted by Crippen LogP contribution is -2.35. The molecule has 1 rings (SSSR count). The van der Waals surface area contributed by atoms with E-state index in [0.717, 1.165) is 16.6 Å². The van der Waals surface area contributed by atoms with E-state index in [2.05, 4.69) is 42.0 Å². The molecule has 3 nitrogen and oxygen atoms in total. The Kier molecular flexibility index (Phi) is 7.34. The maximum absolute atomic E-state index is 5.83. The van der Waals surface area contributed by atoms with Gasteiger partial charge in [-0.2, -0.15) is 0 Å². The number of halogens is 3. The number of nitrogens with one attached hydrogen (secondary N) is 1. The lowest BCUT2D eigenvalue weighted by Gasteiger charge is -2.21. The predicted molar refractivity (Wildman–Crippen MR) is 92.6 cm³/mol. The molecule has 0 radical (unpaired) electrons. The highest BCUT2D eigenvalue weighted by atomic mass is 79.9. The summed E-state index contributed by atoms with van der Waals surface area (Å²) in [5.74, 6) is 1.25. The molecule has 0 aliphatic heterocycles. The first kappa shape index (κ1) is 18.6. The summed E-state index contributed by atoms with van der Waals surface area (Å²) < 4.78 is 11.8. The van der Waals surface area contributed by atoms with Crippen LogP contribution in [-0.2, 0) is 6.54 Å². The van der Waals surface area contributed by atoms with Gasteiger partial charge in [-0.25, -0.2) is 0 Å².